The zero-order chi connectivity index (χ0) is 14.6. The SMILES string of the molecule is CCCN(CC(=O)O)C(=O)c1c(F)ccc(F)c1F. The van der Waals surface area contributed by atoms with Gasteiger partial charge in [0, 0.05) is 6.54 Å². The summed E-state index contributed by atoms with van der Waals surface area (Å²) in [6.45, 7) is 0.961. The second-order valence-electron chi connectivity index (χ2n) is 3.84. The maximum Gasteiger partial charge on any atom is 0.323 e. The van der Waals surface area contributed by atoms with E-state index >= 15 is 0 Å². The number of nitrogens with zero attached hydrogens (tertiary/aromatic N) is 1. The van der Waals surface area contributed by atoms with Gasteiger partial charge in [-0.15, -0.1) is 0 Å². The van der Waals surface area contributed by atoms with Gasteiger partial charge in [0.1, 0.15) is 17.9 Å². The summed E-state index contributed by atoms with van der Waals surface area (Å²) in [4.78, 5) is 23.2. The lowest BCUT2D eigenvalue weighted by Crippen LogP contribution is -2.37. The molecule has 1 aromatic rings. The lowest BCUT2D eigenvalue weighted by Gasteiger charge is -2.20. The van der Waals surface area contributed by atoms with E-state index in [1.807, 2.05) is 0 Å². The Morgan fingerprint density at radius 3 is 2.32 bits per heavy atom. The van der Waals surface area contributed by atoms with Crippen molar-refractivity contribution in [2.75, 3.05) is 13.1 Å². The first kappa shape index (κ1) is 15.0. The lowest BCUT2D eigenvalue weighted by atomic mass is 10.1. The van der Waals surface area contributed by atoms with Crippen LogP contribution in [0, 0.1) is 17.5 Å². The molecule has 0 heterocycles. The summed E-state index contributed by atoms with van der Waals surface area (Å²) in [7, 11) is 0. The largest absolute Gasteiger partial charge is 0.480 e. The zero-order valence-corrected chi connectivity index (χ0v) is 10.1. The van der Waals surface area contributed by atoms with Crippen LogP contribution in [-0.4, -0.2) is 35.0 Å². The van der Waals surface area contributed by atoms with E-state index in [-0.39, 0.29) is 6.54 Å². The van der Waals surface area contributed by atoms with Crippen LogP contribution >= 0.6 is 0 Å². The molecule has 0 atom stereocenters. The highest BCUT2D eigenvalue weighted by Gasteiger charge is 2.26. The lowest BCUT2D eigenvalue weighted by molar-refractivity contribution is -0.137. The smallest absolute Gasteiger partial charge is 0.323 e. The number of hydrogen-bond acceptors (Lipinski definition) is 2. The Labute approximate surface area is 107 Å². The first-order valence-electron chi connectivity index (χ1n) is 5.53. The van der Waals surface area contributed by atoms with Gasteiger partial charge in [-0.1, -0.05) is 6.92 Å². The number of rotatable bonds is 5. The quantitative estimate of drug-likeness (QED) is 0.837. The Hall–Kier alpha value is -2.05. The Morgan fingerprint density at radius 1 is 1.21 bits per heavy atom. The fraction of sp³-hybridized carbons (Fsp3) is 0.333. The average molecular weight is 275 g/mol. The predicted octanol–water partition coefficient (Wildman–Crippen LogP) is 2.04. The van der Waals surface area contributed by atoms with Crippen molar-refractivity contribution in [3.8, 4) is 0 Å². The van der Waals surface area contributed by atoms with E-state index in [1.54, 1.807) is 6.92 Å². The molecule has 1 rings (SSSR count). The van der Waals surface area contributed by atoms with Gasteiger partial charge in [0.2, 0.25) is 0 Å². The number of amides is 1. The number of hydrogen-bond donors (Lipinski definition) is 1. The van der Waals surface area contributed by atoms with Crippen LogP contribution in [0.1, 0.15) is 23.7 Å². The maximum atomic E-state index is 13.4. The number of carboxylic acid groups (broad SMARTS) is 1. The minimum atomic E-state index is -1.61. The number of halogens is 3. The molecule has 0 unspecified atom stereocenters. The van der Waals surface area contributed by atoms with Crippen LogP contribution in [0.4, 0.5) is 13.2 Å². The highest BCUT2D eigenvalue weighted by Crippen LogP contribution is 2.18. The van der Waals surface area contributed by atoms with E-state index in [1.165, 1.54) is 0 Å². The molecule has 1 aromatic carbocycles. The van der Waals surface area contributed by atoms with Crippen molar-refractivity contribution in [3.63, 3.8) is 0 Å². The summed E-state index contributed by atoms with van der Waals surface area (Å²) in [5, 5.41) is 8.64. The first-order valence-corrected chi connectivity index (χ1v) is 5.53. The molecule has 0 radical (unpaired) electrons. The van der Waals surface area contributed by atoms with E-state index in [4.69, 9.17) is 5.11 Å². The standard InChI is InChI=1S/C12H12F3NO3/c1-2-5-16(6-9(17)18)12(19)10-7(13)3-4-8(14)11(10)15/h3-4H,2,5-6H2,1H3,(H,17,18). The van der Waals surface area contributed by atoms with Crippen LogP contribution in [0.3, 0.4) is 0 Å². The minimum Gasteiger partial charge on any atom is -0.480 e. The first-order chi connectivity index (χ1) is 8.88. The summed E-state index contributed by atoms with van der Waals surface area (Å²) in [6, 6.07) is 1.18. The molecular formula is C12H12F3NO3. The fourth-order valence-corrected chi connectivity index (χ4v) is 1.57. The van der Waals surface area contributed by atoms with Crippen molar-refractivity contribution in [2.45, 2.75) is 13.3 Å². The molecule has 0 spiro atoms. The molecule has 0 fully saturated rings. The number of benzene rings is 1. The number of carbonyl (C=O) groups is 2. The van der Waals surface area contributed by atoms with Crippen LogP contribution in [0.25, 0.3) is 0 Å². The van der Waals surface area contributed by atoms with Gasteiger partial charge in [-0.25, -0.2) is 13.2 Å². The Bertz CT molecular complexity index is 505. The van der Waals surface area contributed by atoms with Crippen molar-refractivity contribution >= 4 is 11.9 Å². The molecule has 0 saturated heterocycles. The number of carbonyl (C=O) groups excluding carboxylic acids is 1. The second kappa shape index (κ2) is 6.21. The third-order valence-corrected chi connectivity index (χ3v) is 2.36. The number of carboxylic acids is 1. The van der Waals surface area contributed by atoms with E-state index in [2.05, 4.69) is 0 Å². The maximum absolute atomic E-state index is 13.4. The normalized spacial score (nSPS) is 10.3. The third-order valence-electron chi connectivity index (χ3n) is 2.36. The summed E-state index contributed by atoms with van der Waals surface area (Å²) >= 11 is 0. The molecule has 1 amide bonds. The van der Waals surface area contributed by atoms with Crippen LogP contribution < -0.4 is 0 Å². The molecule has 1 N–H and O–H groups in total. The van der Waals surface area contributed by atoms with Crippen LogP contribution in [0.5, 0.6) is 0 Å². The summed E-state index contributed by atoms with van der Waals surface area (Å²) in [5.74, 6) is -6.71. The topological polar surface area (TPSA) is 57.6 Å². The fourth-order valence-electron chi connectivity index (χ4n) is 1.57. The average Bonchev–Trinajstić information content (AvgIpc) is 2.33. The minimum absolute atomic E-state index is 0.000522. The van der Waals surface area contributed by atoms with E-state index < -0.39 is 41.4 Å². The van der Waals surface area contributed by atoms with Gasteiger partial charge in [0.25, 0.3) is 5.91 Å². The molecule has 0 aliphatic rings. The van der Waals surface area contributed by atoms with E-state index in [0.29, 0.717) is 18.6 Å². The Balaban J connectivity index is 3.16. The van der Waals surface area contributed by atoms with E-state index in [9.17, 15) is 22.8 Å². The van der Waals surface area contributed by atoms with Crippen molar-refractivity contribution in [3.05, 3.63) is 35.1 Å². The Kier molecular flexibility index (Phi) is 4.91. The summed E-state index contributed by atoms with van der Waals surface area (Å²) < 4.78 is 39.9. The van der Waals surface area contributed by atoms with Gasteiger partial charge in [0.15, 0.2) is 11.6 Å². The van der Waals surface area contributed by atoms with Crippen molar-refractivity contribution in [1.82, 2.24) is 4.90 Å². The van der Waals surface area contributed by atoms with Gasteiger partial charge in [-0.3, -0.25) is 9.59 Å². The van der Waals surface area contributed by atoms with Crippen molar-refractivity contribution in [2.24, 2.45) is 0 Å². The van der Waals surface area contributed by atoms with Crippen molar-refractivity contribution in [1.29, 1.82) is 0 Å². The summed E-state index contributed by atoms with van der Waals surface area (Å²) in [6.07, 6.45) is 0.400. The van der Waals surface area contributed by atoms with Gasteiger partial charge >= 0.3 is 5.97 Å². The molecule has 0 saturated carbocycles. The summed E-state index contributed by atoms with van der Waals surface area (Å²) in [5.41, 5.74) is -1.07. The molecule has 4 nitrogen and oxygen atoms in total. The third kappa shape index (κ3) is 3.46. The molecule has 0 aliphatic heterocycles. The van der Waals surface area contributed by atoms with Gasteiger partial charge in [-0.05, 0) is 18.6 Å². The highest BCUT2D eigenvalue weighted by atomic mass is 19.2. The monoisotopic (exact) mass is 275 g/mol. The van der Waals surface area contributed by atoms with Gasteiger partial charge in [0.05, 0.1) is 0 Å². The predicted molar refractivity (Wildman–Crippen MR) is 60.1 cm³/mol. The number of aliphatic carboxylic acids is 1. The molecular weight excluding hydrogens is 263 g/mol. The van der Waals surface area contributed by atoms with Crippen LogP contribution in [0.15, 0.2) is 12.1 Å². The zero-order valence-electron chi connectivity index (χ0n) is 10.1. The molecule has 0 aliphatic carbocycles. The molecule has 0 aromatic heterocycles. The Morgan fingerprint density at radius 2 is 1.79 bits per heavy atom. The van der Waals surface area contributed by atoms with Crippen LogP contribution in [0.2, 0.25) is 0 Å². The van der Waals surface area contributed by atoms with Crippen LogP contribution in [-0.2, 0) is 4.79 Å². The molecule has 0 bridgehead atoms. The molecule has 19 heavy (non-hydrogen) atoms. The molecule has 104 valence electrons. The van der Waals surface area contributed by atoms with Gasteiger partial charge < -0.3 is 10.0 Å². The van der Waals surface area contributed by atoms with Gasteiger partial charge in [-0.2, -0.15) is 0 Å². The van der Waals surface area contributed by atoms with E-state index in [0.717, 1.165) is 4.90 Å². The molecule has 7 heteroatoms. The second-order valence-corrected chi connectivity index (χ2v) is 3.84. The highest BCUT2D eigenvalue weighted by molar-refractivity contribution is 5.96. The van der Waals surface area contributed by atoms with Crippen molar-refractivity contribution < 1.29 is 27.9 Å².